The van der Waals surface area contributed by atoms with Crippen LogP contribution in [0.2, 0.25) is 0 Å². The second-order valence-electron chi connectivity index (χ2n) is 3.57. The second kappa shape index (κ2) is 4.78. The van der Waals surface area contributed by atoms with E-state index in [0.717, 1.165) is 10.6 Å². The maximum atomic E-state index is 11.4. The Kier molecular flexibility index (Phi) is 3.18. The standard InChI is InChI=1S/C12H12N2O3/c1-13-12(9-5-3-2-4-6-9)17-14-10(15)7-8-11(14)16/h2-6H,7-8H2,1H3/b13-12-. The number of carbonyl (C=O) groups is 2. The number of aliphatic imine (C=N–C) groups is 1. The molecule has 5 nitrogen and oxygen atoms in total. The summed E-state index contributed by atoms with van der Waals surface area (Å²) in [6.07, 6.45) is 0.398. The van der Waals surface area contributed by atoms with Gasteiger partial charge in [0.1, 0.15) is 0 Å². The molecule has 0 radical (unpaired) electrons. The summed E-state index contributed by atoms with van der Waals surface area (Å²) >= 11 is 0. The van der Waals surface area contributed by atoms with Crippen molar-refractivity contribution in [3.8, 4) is 0 Å². The summed E-state index contributed by atoms with van der Waals surface area (Å²) in [5.41, 5.74) is 0.725. The van der Waals surface area contributed by atoms with E-state index in [2.05, 4.69) is 4.99 Å². The zero-order valence-corrected chi connectivity index (χ0v) is 9.42. The number of carbonyl (C=O) groups excluding carboxylic acids is 2. The highest BCUT2D eigenvalue weighted by molar-refractivity contribution is 6.03. The van der Waals surface area contributed by atoms with E-state index >= 15 is 0 Å². The highest BCUT2D eigenvalue weighted by Gasteiger charge is 2.32. The van der Waals surface area contributed by atoms with Crippen LogP contribution in [0.15, 0.2) is 35.3 Å². The number of hydroxylamine groups is 2. The molecule has 2 rings (SSSR count). The van der Waals surface area contributed by atoms with Gasteiger partial charge in [-0.25, -0.2) is 0 Å². The quantitative estimate of drug-likeness (QED) is 0.436. The third-order valence-electron chi connectivity index (χ3n) is 2.41. The van der Waals surface area contributed by atoms with E-state index in [1.165, 1.54) is 0 Å². The lowest BCUT2D eigenvalue weighted by atomic mass is 10.2. The Bertz CT molecular complexity index is 452. The molecule has 1 aliphatic heterocycles. The normalized spacial score (nSPS) is 16.5. The number of rotatable bonds is 2. The van der Waals surface area contributed by atoms with Crippen LogP contribution in [0.5, 0.6) is 0 Å². The molecule has 1 fully saturated rings. The molecule has 0 aliphatic carbocycles. The molecular weight excluding hydrogens is 220 g/mol. The monoisotopic (exact) mass is 232 g/mol. The summed E-state index contributed by atoms with van der Waals surface area (Å²) in [6.45, 7) is 0. The minimum atomic E-state index is -0.327. The summed E-state index contributed by atoms with van der Waals surface area (Å²) < 4.78 is 0. The minimum Gasteiger partial charge on any atom is -0.348 e. The summed E-state index contributed by atoms with van der Waals surface area (Å²) in [4.78, 5) is 32.0. The third-order valence-corrected chi connectivity index (χ3v) is 2.41. The molecule has 1 saturated heterocycles. The Balaban J connectivity index is 2.17. The Hall–Kier alpha value is -2.17. The zero-order chi connectivity index (χ0) is 12.3. The molecular formula is C12H12N2O3. The van der Waals surface area contributed by atoms with E-state index in [9.17, 15) is 9.59 Å². The van der Waals surface area contributed by atoms with Gasteiger partial charge in [0.25, 0.3) is 11.8 Å². The fraction of sp³-hybridized carbons (Fsp3) is 0.250. The predicted octanol–water partition coefficient (Wildman–Crippen LogP) is 1.14. The number of imide groups is 1. The van der Waals surface area contributed by atoms with Crippen molar-refractivity contribution in [2.45, 2.75) is 12.8 Å². The average Bonchev–Trinajstić information content (AvgIpc) is 2.68. The first kappa shape index (κ1) is 11.3. The Labute approximate surface area is 98.7 Å². The smallest absolute Gasteiger partial charge is 0.264 e. The van der Waals surface area contributed by atoms with Gasteiger partial charge in [0.2, 0.25) is 5.90 Å². The van der Waals surface area contributed by atoms with Crippen molar-refractivity contribution in [3.63, 3.8) is 0 Å². The zero-order valence-electron chi connectivity index (χ0n) is 9.42. The molecule has 0 bridgehead atoms. The largest absolute Gasteiger partial charge is 0.348 e. The van der Waals surface area contributed by atoms with Gasteiger partial charge in [-0.2, -0.15) is 0 Å². The molecule has 1 aromatic rings. The second-order valence-corrected chi connectivity index (χ2v) is 3.57. The Morgan fingerprint density at radius 3 is 2.29 bits per heavy atom. The van der Waals surface area contributed by atoms with E-state index in [4.69, 9.17) is 4.84 Å². The van der Waals surface area contributed by atoms with Gasteiger partial charge in [0, 0.05) is 25.5 Å². The van der Waals surface area contributed by atoms with Gasteiger partial charge in [0.05, 0.1) is 0 Å². The van der Waals surface area contributed by atoms with E-state index in [-0.39, 0.29) is 30.6 Å². The Morgan fingerprint density at radius 2 is 1.76 bits per heavy atom. The van der Waals surface area contributed by atoms with Gasteiger partial charge >= 0.3 is 0 Å². The fourth-order valence-electron chi connectivity index (χ4n) is 1.55. The molecule has 1 heterocycles. The maximum Gasteiger partial charge on any atom is 0.264 e. The van der Waals surface area contributed by atoms with Crippen molar-refractivity contribution in [1.82, 2.24) is 5.06 Å². The lowest BCUT2D eigenvalue weighted by Gasteiger charge is -2.15. The van der Waals surface area contributed by atoms with E-state index in [0.29, 0.717) is 0 Å². The number of benzene rings is 1. The first-order chi connectivity index (χ1) is 8.22. The molecule has 0 saturated carbocycles. The summed E-state index contributed by atoms with van der Waals surface area (Å²) in [5, 5.41) is 0.787. The molecule has 0 aromatic heterocycles. The topological polar surface area (TPSA) is 59.0 Å². The van der Waals surface area contributed by atoms with Gasteiger partial charge in [-0.05, 0) is 12.1 Å². The van der Waals surface area contributed by atoms with E-state index in [1.54, 1.807) is 19.2 Å². The predicted molar refractivity (Wildman–Crippen MR) is 61.1 cm³/mol. The first-order valence-electron chi connectivity index (χ1n) is 5.28. The number of hydrogen-bond acceptors (Lipinski definition) is 4. The lowest BCUT2D eigenvalue weighted by molar-refractivity contribution is -0.167. The van der Waals surface area contributed by atoms with Crippen LogP contribution in [-0.2, 0) is 14.4 Å². The Morgan fingerprint density at radius 1 is 1.18 bits per heavy atom. The molecule has 5 heteroatoms. The van der Waals surface area contributed by atoms with Crippen LogP contribution in [0.1, 0.15) is 18.4 Å². The lowest BCUT2D eigenvalue weighted by Crippen LogP contribution is -2.32. The SMILES string of the molecule is C/N=C(\ON1C(=O)CCC1=O)c1ccccc1. The maximum absolute atomic E-state index is 11.4. The van der Waals surface area contributed by atoms with Crippen LogP contribution >= 0.6 is 0 Å². The molecule has 0 atom stereocenters. The van der Waals surface area contributed by atoms with Crippen LogP contribution < -0.4 is 0 Å². The van der Waals surface area contributed by atoms with Crippen LogP contribution in [0.3, 0.4) is 0 Å². The van der Waals surface area contributed by atoms with Crippen molar-refractivity contribution in [1.29, 1.82) is 0 Å². The summed E-state index contributed by atoms with van der Waals surface area (Å²) in [5.74, 6) is -0.395. The fourth-order valence-corrected chi connectivity index (χ4v) is 1.55. The van der Waals surface area contributed by atoms with Crippen molar-refractivity contribution in [3.05, 3.63) is 35.9 Å². The van der Waals surface area contributed by atoms with Crippen LogP contribution in [0.4, 0.5) is 0 Å². The summed E-state index contributed by atoms with van der Waals surface area (Å²) in [7, 11) is 1.55. The minimum absolute atomic E-state index is 0.199. The third kappa shape index (κ3) is 2.33. The molecule has 0 N–H and O–H groups in total. The van der Waals surface area contributed by atoms with Crippen molar-refractivity contribution >= 4 is 17.7 Å². The van der Waals surface area contributed by atoms with Crippen molar-refractivity contribution in [2.24, 2.45) is 4.99 Å². The molecule has 0 unspecified atom stereocenters. The molecule has 2 amide bonds. The highest BCUT2D eigenvalue weighted by Crippen LogP contribution is 2.14. The van der Waals surface area contributed by atoms with Crippen LogP contribution in [-0.4, -0.2) is 29.8 Å². The van der Waals surface area contributed by atoms with Gasteiger partial charge in [-0.1, -0.05) is 18.2 Å². The van der Waals surface area contributed by atoms with Gasteiger partial charge in [-0.3, -0.25) is 14.6 Å². The van der Waals surface area contributed by atoms with Crippen molar-refractivity contribution < 1.29 is 14.4 Å². The van der Waals surface area contributed by atoms with Gasteiger partial charge in [-0.15, -0.1) is 5.06 Å². The van der Waals surface area contributed by atoms with E-state index < -0.39 is 0 Å². The van der Waals surface area contributed by atoms with Gasteiger partial charge < -0.3 is 4.84 Å². The molecule has 88 valence electrons. The molecule has 1 aliphatic rings. The highest BCUT2D eigenvalue weighted by atomic mass is 16.7. The number of amides is 2. The van der Waals surface area contributed by atoms with Crippen molar-refractivity contribution in [2.75, 3.05) is 7.05 Å². The van der Waals surface area contributed by atoms with Crippen LogP contribution in [0, 0.1) is 0 Å². The molecule has 1 aromatic carbocycles. The number of hydrogen-bond donors (Lipinski definition) is 0. The first-order valence-corrected chi connectivity index (χ1v) is 5.28. The number of nitrogens with zero attached hydrogens (tertiary/aromatic N) is 2. The molecule has 0 spiro atoms. The molecule has 17 heavy (non-hydrogen) atoms. The van der Waals surface area contributed by atoms with E-state index in [1.807, 2.05) is 18.2 Å². The van der Waals surface area contributed by atoms with Gasteiger partial charge in [0.15, 0.2) is 0 Å². The van der Waals surface area contributed by atoms with Crippen LogP contribution in [0.25, 0.3) is 0 Å². The summed E-state index contributed by atoms with van der Waals surface area (Å²) in [6, 6.07) is 9.12. The average molecular weight is 232 g/mol.